The van der Waals surface area contributed by atoms with Crippen LogP contribution in [0.25, 0.3) is 0 Å². The van der Waals surface area contributed by atoms with Crippen molar-refractivity contribution in [2.45, 2.75) is 25.8 Å². The molecule has 1 atom stereocenters. The molecule has 0 saturated carbocycles. The Labute approximate surface area is 156 Å². The summed E-state index contributed by atoms with van der Waals surface area (Å²) in [5.41, 5.74) is 1.78. The molecule has 7 nitrogen and oxygen atoms in total. The van der Waals surface area contributed by atoms with Gasteiger partial charge in [-0.15, -0.1) is 0 Å². The van der Waals surface area contributed by atoms with Crippen molar-refractivity contribution in [3.8, 4) is 5.75 Å². The van der Waals surface area contributed by atoms with Gasteiger partial charge >= 0.3 is 5.97 Å². The van der Waals surface area contributed by atoms with Crippen LogP contribution in [-0.4, -0.2) is 60.0 Å². The van der Waals surface area contributed by atoms with Crippen molar-refractivity contribution in [3.05, 3.63) is 23.8 Å². The number of anilines is 1. The number of esters is 1. The Bertz CT molecular complexity index is 709. The van der Waals surface area contributed by atoms with Crippen molar-refractivity contribution in [3.63, 3.8) is 0 Å². The van der Waals surface area contributed by atoms with E-state index in [9.17, 15) is 14.4 Å². The molecule has 2 amide bonds. The van der Waals surface area contributed by atoms with Gasteiger partial charge in [-0.25, -0.2) is 4.79 Å². The number of rotatable bonds is 5. The van der Waals surface area contributed by atoms with Gasteiger partial charge in [0.15, 0.2) is 6.61 Å². The van der Waals surface area contributed by atoms with E-state index in [0.717, 1.165) is 17.0 Å². The van der Waals surface area contributed by atoms with Crippen LogP contribution in [0.2, 0.25) is 0 Å². The van der Waals surface area contributed by atoms with Gasteiger partial charge in [-0.2, -0.15) is 11.8 Å². The van der Waals surface area contributed by atoms with Crippen LogP contribution in [0.4, 0.5) is 5.69 Å². The normalized spacial score (nSPS) is 19.3. The molecule has 8 heteroatoms. The molecule has 2 heterocycles. The Morgan fingerprint density at radius 1 is 1.35 bits per heavy atom. The van der Waals surface area contributed by atoms with Crippen molar-refractivity contribution in [2.75, 3.05) is 36.6 Å². The summed E-state index contributed by atoms with van der Waals surface area (Å²) in [5, 5.41) is 2.81. The molecule has 1 fully saturated rings. The van der Waals surface area contributed by atoms with E-state index in [4.69, 9.17) is 9.47 Å². The minimum Gasteiger partial charge on any atom is -0.484 e. The van der Waals surface area contributed by atoms with Crippen LogP contribution in [0.1, 0.15) is 18.9 Å². The fourth-order valence-electron chi connectivity index (χ4n) is 3.01. The molecule has 1 aromatic carbocycles. The molecule has 1 aromatic rings. The van der Waals surface area contributed by atoms with E-state index in [2.05, 4.69) is 5.32 Å². The zero-order chi connectivity index (χ0) is 18.5. The summed E-state index contributed by atoms with van der Waals surface area (Å²) in [7, 11) is 0. The van der Waals surface area contributed by atoms with E-state index >= 15 is 0 Å². The number of nitrogens with one attached hydrogen (secondary N) is 1. The molecule has 2 aliphatic heterocycles. The molecule has 0 unspecified atom stereocenters. The van der Waals surface area contributed by atoms with Gasteiger partial charge in [0.25, 0.3) is 5.91 Å². The second-order valence-electron chi connectivity index (χ2n) is 6.09. The Morgan fingerprint density at radius 3 is 3.00 bits per heavy atom. The van der Waals surface area contributed by atoms with Crippen molar-refractivity contribution in [2.24, 2.45) is 0 Å². The SMILES string of the molecule is CCOC(=O)[C@@H]1CSCCN1C(=O)COc1ccc2c(c1)CCC(=O)N2. The number of carbonyl (C=O) groups excluding carboxylic acids is 3. The number of nitrogens with zero attached hydrogens (tertiary/aromatic N) is 1. The monoisotopic (exact) mass is 378 g/mol. The summed E-state index contributed by atoms with van der Waals surface area (Å²) < 4.78 is 10.7. The lowest BCUT2D eigenvalue weighted by Crippen LogP contribution is -2.52. The zero-order valence-corrected chi connectivity index (χ0v) is 15.5. The smallest absolute Gasteiger partial charge is 0.329 e. The second-order valence-corrected chi connectivity index (χ2v) is 7.24. The standard InChI is InChI=1S/C18H22N2O5S/c1-2-24-18(23)15-11-26-8-7-20(15)17(22)10-25-13-4-5-14-12(9-13)3-6-16(21)19-14/h4-5,9,15H,2-3,6-8,10-11H2,1H3,(H,19,21)/t15-/m0/s1. The highest BCUT2D eigenvalue weighted by Crippen LogP contribution is 2.27. The maximum absolute atomic E-state index is 12.5. The summed E-state index contributed by atoms with van der Waals surface area (Å²) >= 11 is 1.64. The largest absolute Gasteiger partial charge is 0.484 e. The van der Waals surface area contributed by atoms with Crippen LogP contribution in [0.5, 0.6) is 5.75 Å². The summed E-state index contributed by atoms with van der Waals surface area (Å²) in [6.07, 6.45) is 1.10. The Balaban J connectivity index is 1.60. The van der Waals surface area contributed by atoms with Gasteiger partial charge in [-0.05, 0) is 37.1 Å². The van der Waals surface area contributed by atoms with Crippen molar-refractivity contribution in [1.29, 1.82) is 0 Å². The third kappa shape index (κ3) is 4.30. The van der Waals surface area contributed by atoms with Crippen molar-refractivity contribution in [1.82, 2.24) is 4.90 Å². The maximum Gasteiger partial charge on any atom is 0.329 e. The fraction of sp³-hybridized carbons (Fsp3) is 0.500. The number of ether oxygens (including phenoxy) is 2. The lowest BCUT2D eigenvalue weighted by Gasteiger charge is -2.33. The first-order valence-corrected chi connectivity index (χ1v) is 9.83. The fourth-order valence-corrected chi connectivity index (χ4v) is 4.05. The minimum atomic E-state index is -0.552. The first kappa shape index (κ1) is 18.6. The molecule has 0 aliphatic carbocycles. The quantitative estimate of drug-likeness (QED) is 0.781. The molecular formula is C18H22N2O5S. The summed E-state index contributed by atoms with van der Waals surface area (Å²) in [6, 6.07) is 4.80. The van der Waals surface area contributed by atoms with E-state index < -0.39 is 6.04 Å². The van der Waals surface area contributed by atoms with Crippen LogP contribution in [0.3, 0.4) is 0 Å². The molecule has 3 rings (SSSR count). The Hall–Kier alpha value is -2.22. The van der Waals surface area contributed by atoms with E-state index in [1.54, 1.807) is 35.7 Å². The third-order valence-corrected chi connectivity index (χ3v) is 5.36. The molecule has 26 heavy (non-hydrogen) atoms. The number of benzene rings is 1. The minimum absolute atomic E-state index is 0.00863. The molecule has 0 bridgehead atoms. The second kappa shape index (κ2) is 8.44. The molecule has 1 saturated heterocycles. The topological polar surface area (TPSA) is 84.9 Å². The molecule has 0 radical (unpaired) electrons. The van der Waals surface area contributed by atoms with Gasteiger partial charge in [0, 0.05) is 30.2 Å². The summed E-state index contributed by atoms with van der Waals surface area (Å²) in [6.45, 7) is 2.42. The van der Waals surface area contributed by atoms with Crippen molar-refractivity contribution >= 4 is 35.2 Å². The Morgan fingerprint density at radius 2 is 2.19 bits per heavy atom. The van der Waals surface area contributed by atoms with Gasteiger partial charge < -0.3 is 19.7 Å². The average Bonchev–Trinajstić information content (AvgIpc) is 2.66. The highest BCUT2D eigenvalue weighted by Gasteiger charge is 2.33. The summed E-state index contributed by atoms with van der Waals surface area (Å²) in [5.74, 6) is 1.33. The molecule has 0 spiro atoms. The third-order valence-electron chi connectivity index (χ3n) is 4.34. The lowest BCUT2D eigenvalue weighted by atomic mass is 10.0. The van der Waals surface area contributed by atoms with Crippen LogP contribution in [-0.2, 0) is 25.5 Å². The molecular weight excluding hydrogens is 356 g/mol. The first-order chi connectivity index (χ1) is 12.6. The summed E-state index contributed by atoms with van der Waals surface area (Å²) in [4.78, 5) is 37.6. The zero-order valence-electron chi connectivity index (χ0n) is 14.7. The van der Waals surface area contributed by atoms with Crippen LogP contribution in [0, 0.1) is 0 Å². The molecule has 140 valence electrons. The van der Waals surface area contributed by atoms with Crippen LogP contribution in [0.15, 0.2) is 18.2 Å². The highest BCUT2D eigenvalue weighted by atomic mass is 32.2. The molecule has 0 aromatic heterocycles. The number of fused-ring (bicyclic) bond motifs is 1. The van der Waals surface area contributed by atoms with Gasteiger partial charge in [0.1, 0.15) is 11.8 Å². The number of carbonyl (C=O) groups is 3. The average molecular weight is 378 g/mol. The van der Waals surface area contributed by atoms with Crippen LogP contribution < -0.4 is 10.1 Å². The van der Waals surface area contributed by atoms with Gasteiger partial charge in [0.2, 0.25) is 5.91 Å². The van der Waals surface area contributed by atoms with E-state index in [1.165, 1.54) is 0 Å². The number of thioether (sulfide) groups is 1. The van der Waals surface area contributed by atoms with Gasteiger partial charge in [-0.1, -0.05) is 0 Å². The number of amides is 2. The number of hydrogen-bond acceptors (Lipinski definition) is 6. The van der Waals surface area contributed by atoms with E-state index in [0.29, 0.717) is 37.5 Å². The lowest BCUT2D eigenvalue weighted by molar-refractivity contribution is -0.154. The van der Waals surface area contributed by atoms with E-state index in [1.807, 2.05) is 6.07 Å². The predicted octanol–water partition coefficient (Wildman–Crippen LogP) is 1.46. The van der Waals surface area contributed by atoms with Gasteiger partial charge in [0.05, 0.1) is 6.61 Å². The van der Waals surface area contributed by atoms with Gasteiger partial charge in [-0.3, -0.25) is 9.59 Å². The maximum atomic E-state index is 12.5. The van der Waals surface area contributed by atoms with Crippen molar-refractivity contribution < 1.29 is 23.9 Å². The predicted molar refractivity (Wildman–Crippen MR) is 98.3 cm³/mol. The Kier molecular flexibility index (Phi) is 6.03. The number of hydrogen-bond donors (Lipinski definition) is 1. The first-order valence-electron chi connectivity index (χ1n) is 8.68. The highest BCUT2D eigenvalue weighted by molar-refractivity contribution is 7.99. The molecule has 1 N–H and O–H groups in total. The molecule has 2 aliphatic rings. The van der Waals surface area contributed by atoms with E-state index in [-0.39, 0.29) is 24.4 Å². The van der Waals surface area contributed by atoms with Crippen LogP contribution >= 0.6 is 11.8 Å². The number of aryl methyl sites for hydroxylation is 1.